The molecule has 1 amide bonds. The van der Waals surface area contributed by atoms with Gasteiger partial charge in [0, 0.05) is 13.0 Å². The average Bonchev–Trinajstić information content (AvgIpc) is 3.16. The van der Waals surface area contributed by atoms with Gasteiger partial charge >= 0.3 is 215 Å². The quantitative estimate of drug-likeness (QED) is 0.303. The van der Waals surface area contributed by atoms with E-state index in [1.807, 2.05) is 13.1 Å². The van der Waals surface area contributed by atoms with Crippen LogP contribution in [-0.2, 0) is 35.5 Å². The number of hydrogen-bond acceptors (Lipinski definition) is 8. The van der Waals surface area contributed by atoms with E-state index < -0.39 is 46.2 Å². The molecule has 194 valence electrons. The van der Waals surface area contributed by atoms with Crippen molar-refractivity contribution in [1.82, 2.24) is 4.90 Å². The summed E-state index contributed by atoms with van der Waals surface area (Å²) in [5, 5.41) is 25.1. The molecule has 2 heterocycles. The van der Waals surface area contributed by atoms with Crippen LogP contribution in [0.3, 0.4) is 0 Å². The van der Waals surface area contributed by atoms with Crippen LogP contribution >= 0.6 is 0 Å². The fourth-order valence-electron chi connectivity index (χ4n) is 4.34. The van der Waals surface area contributed by atoms with Gasteiger partial charge in [-0.3, -0.25) is 0 Å². The van der Waals surface area contributed by atoms with Gasteiger partial charge in [0.15, 0.2) is 0 Å². The number of aliphatic carboxylic acids is 1. The number of carboxylic acids is 1. The summed E-state index contributed by atoms with van der Waals surface area (Å²) in [6, 6.07) is 8.64. The molecule has 0 radical (unpaired) electrons. The molecule has 1 atom stereocenters. The number of oxime groups is 1. The molecule has 1 unspecified atom stereocenters. The Hall–Kier alpha value is -1.72. The van der Waals surface area contributed by atoms with E-state index in [9.17, 15) is 23.1 Å². The van der Waals surface area contributed by atoms with Gasteiger partial charge in [-0.25, -0.2) is 4.79 Å². The summed E-state index contributed by atoms with van der Waals surface area (Å²) in [6.45, 7) is 1.01. The molecule has 10 nitrogen and oxygen atoms in total. The van der Waals surface area contributed by atoms with Crippen LogP contribution in [0.5, 0.6) is 0 Å². The molecule has 0 aromatic heterocycles. The molecule has 0 aliphatic carbocycles. The molecule has 2 aromatic rings. The van der Waals surface area contributed by atoms with E-state index in [-0.39, 0.29) is 41.7 Å². The number of carbonyl (C=O) groups is 2. The third-order valence-corrected chi connectivity index (χ3v) is 15.5. The number of hydrogen-bond donors (Lipinski definition) is 3. The SMILES string of the molecule is CN1CCc2c(-c3ccc(S(=O)(=O)[As](C)C)cc3)cc3c(c2C1)NC(=O)C3=NOC(CCO)C(=O)O.[NaH]. The molecule has 3 N–H and O–H groups in total. The predicted molar refractivity (Wildman–Crippen MR) is 143 cm³/mol. The molecule has 2 aliphatic heterocycles. The number of rotatable bonds is 8. The molecule has 0 saturated heterocycles. The predicted octanol–water partition coefficient (Wildman–Crippen LogP) is 1.23. The van der Waals surface area contributed by atoms with Gasteiger partial charge in [0.05, 0.1) is 0 Å². The first-order valence-electron chi connectivity index (χ1n) is 11.3. The van der Waals surface area contributed by atoms with Crippen molar-refractivity contribution in [1.29, 1.82) is 0 Å². The van der Waals surface area contributed by atoms with Crippen molar-refractivity contribution in [3.63, 3.8) is 0 Å². The van der Waals surface area contributed by atoms with Crippen LogP contribution < -0.4 is 5.32 Å². The van der Waals surface area contributed by atoms with Crippen LogP contribution in [0, 0.1) is 0 Å². The van der Waals surface area contributed by atoms with Crippen LogP contribution in [-0.4, -0.2) is 110 Å². The number of benzene rings is 2. The Kier molecular flexibility index (Phi) is 9.66. The average molecular weight is 601 g/mol. The molecule has 0 bridgehead atoms. The summed E-state index contributed by atoms with van der Waals surface area (Å²) in [7, 11) is -1.29. The van der Waals surface area contributed by atoms with Gasteiger partial charge in [-0.1, -0.05) is 0 Å². The standard InChI is InChI=1S/C24H28AsN3O7S.Na.H/c1-25(2)36(33,34)15-6-4-14(5-7-15)17-12-18-21(19-13-28(3)10-8-16(17)19)26-23(30)22(18)27-35-20(9-11-29)24(31)32;;/h4-7,12,20,29H,8-11,13H2,1-3H3,(H,31,32)(H,26,27,30);;. The molecule has 0 spiro atoms. The monoisotopic (exact) mass is 601 g/mol. The maximum absolute atomic E-state index is 12.8. The van der Waals surface area contributed by atoms with E-state index in [1.165, 1.54) is 0 Å². The van der Waals surface area contributed by atoms with Gasteiger partial charge < -0.3 is 10.2 Å². The molecule has 37 heavy (non-hydrogen) atoms. The number of likely N-dealkylation sites (N-methyl/N-ethyl adjacent to an activating group) is 1. The van der Waals surface area contributed by atoms with Gasteiger partial charge in [-0.05, 0) is 0 Å². The number of anilines is 1. The van der Waals surface area contributed by atoms with E-state index in [4.69, 9.17) is 9.94 Å². The summed E-state index contributed by atoms with van der Waals surface area (Å²) in [4.78, 5) is 31.8. The van der Waals surface area contributed by atoms with Crippen molar-refractivity contribution in [3.8, 4) is 11.1 Å². The van der Waals surface area contributed by atoms with Crippen LogP contribution in [0.2, 0.25) is 11.4 Å². The van der Waals surface area contributed by atoms with E-state index in [2.05, 4.69) is 15.4 Å². The zero-order valence-electron chi connectivity index (χ0n) is 20.2. The second kappa shape index (κ2) is 12.0. The summed E-state index contributed by atoms with van der Waals surface area (Å²) < 4.78 is 25.3. The summed E-state index contributed by atoms with van der Waals surface area (Å²) in [5.74, 6) is -1.80. The minimum absolute atomic E-state index is 0. The fourth-order valence-corrected chi connectivity index (χ4v) is 8.66. The van der Waals surface area contributed by atoms with Crippen LogP contribution in [0.25, 0.3) is 11.1 Å². The third-order valence-electron chi connectivity index (χ3n) is 6.31. The van der Waals surface area contributed by atoms with E-state index >= 15 is 0 Å². The number of amides is 1. The number of carbonyl (C=O) groups excluding carboxylic acids is 1. The van der Waals surface area contributed by atoms with Crippen LogP contribution in [0.15, 0.2) is 40.4 Å². The second-order valence-electron chi connectivity index (χ2n) is 8.94. The molecule has 0 saturated carbocycles. The molecular formula is C24H29AsN3NaO7S. The summed E-state index contributed by atoms with van der Waals surface area (Å²) >= 11 is -2.02. The van der Waals surface area contributed by atoms with Crippen molar-refractivity contribution in [2.45, 2.75) is 41.8 Å². The van der Waals surface area contributed by atoms with Gasteiger partial charge in [-0.15, -0.1) is 0 Å². The fraction of sp³-hybridized carbons (Fsp3) is 0.375. The van der Waals surface area contributed by atoms with E-state index in [0.717, 1.165) is 35.2 Å². The Morgan fingerprint density at radius 3 is 2.49 bits per heavy atom. The van der Waals surface area contributed by atoms with Crippen molar-refractivity contribution in [3.05, 3.63) is 47.0 Å². The number of fused-ring (bicyclic) bond motifs is 3. The Bertz CT molecular complexity index is 1350. The summed E-state index contributed by atoms with van der Waals surface area (Å²) in [5.41, 5.74) is 8.30. The molecule has 4 rings (SSSR count). The van der Waals surface area contributed by atoms with Crippen LogP contribution in [0.4, 0.5) is 5.69 Å². The zero-order chi connectivity index (χ0) is 26.2. The summed E-state index contributed by atoms with van der Waals surface area (Å²) in [6.07, 6.45) is -0.818. The molecule has 2 aromatic carbocycles. The number of aliphatic hydroxyl groups excluding tert-OH is 1. The Morgan fingerprint density at radius 2 is 1.89 bits per heavy atom. The Labute approximate surface area is 241 Å². The molecule has 0 fully saturated rings. The third kappa shape index (κ3) is 5.98. The Balaban J connectivity index is 0.00000380. The van der Waals surface area contributed by atoms with Crippen LogP contribution in [0.1, 0.15) is 23.1 Å². The first kappa shape index (κ1) is 29.8. The second-order valence-corrected chi connectivity index (χ2v) is 20.6. The Morgan fingerprint density at radius 1 is 1.22 bits per heavy atom. The van der Waals surface area contributed by atoms with E-state index in [1.54, 1.807) is 35.7 Å². The molecule has 2 aliphatic rings. The van der Waals surface area contributed by atoms with Crippen molar-refractivity contribution < 1.29 is 33.1 Å². The first-order chi connectivity index (χ1) is 17.0. The normalized spacial score (nSPS) is 17.1. The van der Waals surface area contributed by atoms with Crippen molar-refractivity contribution in [2.75, 3.05) is 25.5 Å². The van der Waals surface area contributed by atoms with Crippen molar-refractivity contribution >= 4 is 74.4 Å². The van der Waals surface area contributed by atoms with Crippen molar-refractivity contribution in [2.24, 2.45) is 5.16 Å². The maximum atomic E-state index is 12.8. The first-order valence-corrected chi connectivity index (χ1v) is 18.8. The van der Waals surface area contributed by atoms with E-state index in [0.29, 0.717) is 22.7 Å². The topological polar surface area (TPSA) is 146 Å². The van der Waals surface area contributed by atoms with Gasteiger partial charge in [-0.2, -0.15) is 0 Å². The number of nitrogens with zero attached hydrogens (tertiary/aromatic N) is 2. The number of aliphatic hydroxyl groups is 1. The molecule has 13 heteroatoms. The van der Waals surface area contributed by atoms with Gasteiger partial charge in [0.25, 0.3) is 0 Å². The van der Waals surface area contributed by atoms with Gasteiger partial charge in [0.1, 0.15) is 0 Å². The van der Waals surface area contributed by atoms with Gasteiger partial charge in [0.2, 0.25) is 0 Å². The zero-order valence-corrected chi connectivity index (χ0v) is 22.9. The number of carboxylic acid groups (broad SMARTS) is 1. The molecular weight excluding hydrogens is 572 g/mol. The number of nitrogens with one attached hydrogen (secondary N) is 1. The minimum atomic E-state index is -3.27.